The molecule has 2 heterocycles. The van der Waals surface area contributed by atoms with Crippen molar-refractivity contribution in [2.24, 2.45) is 5.92 Å². The fraction of sp³-hybridized carbons (Fsp3) is 0.200. The zero-order valence-corrected chi connectivity index (χ0v) is 13.8. The van der Waals surface area contributed by atoms with Crippen molar-refractivity contribution in [1.82, 2.24) is 14.9 Å². The largest absolute Gasteiger partial charge is 0.337 e. The predicted molar refractivity (Wildman–Crippen MR) is 93.7 cm³/mol. The number of aromatic nitrogens is 2. The maximum Gasteiger partial charge on any atom is 0.256 e. The Morgan fingerprint density at radius 3 is 2.50 bits per heavy atom. The third-order valence-electron chi connectivity index (χ3n) is 4.79. The smallest absolute Gasteiger partial charge is 0.256 e. The summed E-state index contributed by atoms with van der Waals surface area (Å²) in [7, 11) is 0. The summed E-state index contributed by atoms with van der Waals surface area (Å²) in [6.45, 7) is 0.672. The van der Waals surface area contributed by atoms with Crippen LogP contribution in [0.3, 0.4) is 0 Å². The quantitative estimate of drug-likeness (QED) is 0.715. The van der Waals surface area contributed by atoms with Crippen LogP contribution in [0.15, 0.2) is 54.9 Å². The van der Waals surface area contributed by atoms with Crippen molar-refractivity contribution >= 4 is 16.9 Å². The molecule has 0 spiro atoms. The minimum atomic E-state index is -0.625. The van der Waals surface area contributed by atoms with Crippen molar-refractivity contribution < 1.29 is 9.18 Å². The molecule has 0 bridgehead atoms. The molecular weight excluding hydrogens is 331 g/mol. The van der Waals surface area contributed by atoms with Crippen LogP contribution in [0.1, 0.15) is 21.8 Å². The molecule has 1 amide bonds. The van der Waals surface area contributed by atoms with E-state index >= 15 is 0 Å². The van der Waals surface area contributed by atoms with Crippen LogP contribution in [-0.2, 0) is 0 Å². The van der Waals surface area contributed by atoms with Crippen molar-refractivity contribution in [3.8, 4) is 6.07 Å². The highest BCUT2D eigenvalue weighted by Gasteiger charge is 2.37. The van der Waals surface area contributed by atoms with Gasteiger partial charge in [-0.05, 0) is 11.6 Å². The highest BCUT2D eigenvalue weighted by atomic mass is 19.1. The van der Waals surface area contributed by atoms with Gasteiger partial charge in [0.15, 0.2) is 0 Å². The standard InChI is InChI=1S/C20H15FN4O/c21-17-9-19-18(23-6-7-24-19)8-15(17)20(26)25-11-14(10-22)16(12-25)13-4-2-1-3-5-13/h1-9,14,16H,11-12H2/t14-,16+/m1/s1. The lowest BCUT2D eigenvalue weighted by Gasteiger charge is -2.17. The fourth-order valence-corrected chi connectivity index (χ4v) is 3.46. The maximum absolute atomic E-state index is 14.4. The van der Waals surface area contributed by atoms with Crippen LogP contribution in [0.25, 0.3) is 11.0 Å². The normalized spacial score (nSPS) is 19.5. The van der Waals surface area contributed by atoms with E-state index in [2.05, 4.69) is 16.0 Å². The Morgan fingerprint density at radius 2 is 1.81 bits per heavy atom. The first-order chi connectivity index (χ1) is 12.7. The fourth-order valence-electron chi connectivity index (χ4n) is 3.46. The monoisotopic (exact) mass is 346 g/mol. The summed E-state index contributed by atoms with van der Waals surface area (Å²) in [5.41, 5.74) is 1.84. The highest BCUT2D eigenvalue weighted by Crippen LogP contribution is 2.33. The zero-order valence-electron chi connectivity index (χ0n) is 13.8. The molecule has 1 aliphatic rings. The molecule has 2 aromatic carbocycles. The SMILES string of the molecule is N#C[C@@H]1CN(C(=O)c2cc3nccnc3cc2F)C[C@H]1c1ccccc1. The van der Waals surface area contributed by atoms with Crippen LogP contribution >= 0.6 is 0 Å². The lowest BCUT2D eigenvalue weighted by molar-refractivity contribution is 0.0784. The molecule has 0 saturated carbocycles. The molecule has 3 aromatic rings. The summed E-state index contributed by atoms with van der Waals surface area (Å²) in [6.07, 6.45) is 2.98. The van der Waals surface area contributed by atoms with Gasteiger partial charge in [0, 0.05) is 37.5 Å². The van der Waals surface area contributed by atoms with E-state index in [1.165, 1.54) is 24.5 Å². The van der Waals surface area contributed by atoms with Crippen molar-refractivity contribution in [3.05, 3.63) is 71.8 Å². The number of halogens is 1. The lowest BCUT2D eigenvalue weighted by Crippen LogP contribution is -2.29. The second kappa shape index (κ2) is 6.52. The van der Waals surface area contributed by atoms with Crippen molar-refractivity contribution in [1.29, 1.82) is 5.26 Å². The van der Waals surface area contributed by atoms with E-state index in [-0.39, 0.29) is 23.9 Å². The van der Waals surface area contributed by atoms with Gasteiger partial charge in [0.05, 0.1) is 28.6 Å². The number of fused-ring (bicyclic) bond motifs is 1. The van der Waals surface area contributed by atoms with Crippen molar-refractivity contribution in [3.63, 3.8) is 0 Å². The van der Waals surface area contributed by atoms with E-state index in [0.29, 0.717) is 17.6 Å². The van der Waals surface area contributed by atoms with Gasteiger partial charge < -0.3 is 4.90 Å². The molecule has 2 atom stereocenters. The summed E-state index contributed by atoms with van der Waals surface area (Å²) in [4.78, 5) is 22.6. The molecule has 1 fully saturated rings. The van der Waals surface area contributed by atoms with E-state index in [1.807, 2.05) is 30.3 Å². The number of hydrogen-bond acceptors (Lipinski definition) is 4. The Kier molecular flexibility index (Phi) is 4.05. The van der Waals surface area contributed by atoms with E-state index in [0.717, 1.165) is 5.56 Å². The summed E-state index contributed by atoms with van der Waals surface area (Å²) in [6, 6.07) is 14.6. The molecule has 0 aliphatic carbocycles. The number of carbonyl (C=O) groups excluding carboxylic acids is 1. The third kappa shape index (κ3) is 2.78. The average molecular weight is 346 g/mol. The summed E-state index contributed by atoms with van der Waals surface area (Å²) >= 11 is 0. The Morgan fingerprint density at radius 1 is 1.12 bits per heavy atom. The number of nitriles is 1. The number of nitrogens with zero attached hydrogens (tertiary/aromatic N) is 4. The summed E-state index contributed by atoms with van der Waals surface area (Å²) < 4.78 is 14.4. The van der Waals surface area contributed by atoms with Gasteiger partial charge in [-0.3, -0.25) is 14.8 Å². The summed E-state index contributed by atoms with van der Waals surface area (Å²) in [5.74, 6) is -1.44. The second-order valence-corrected chi connectivity index (χ2v) is 6.34. The van der Waals surface area contributed by atoms with E-state index in [1.54, 1.807) is 4.90 Å². The van der Waals surface area contributed by atoms with Gasteiger partial charge >= 0.3 is 0 Å². The molecule has 0 N–H and O–H groups in total. The van der Waals surface area contributed by atoms with Gasteiger partial charge in [0.2, 0.25) is 0 Å². The van der Waals surface area contributed by atoms with Crippen molar-refractivity contribution in [2.75, 3.05) is 13.1 Å². The highest BCUT2D eigenvalue weighted by molar-refractivity contribution is 5.97. The summed E-state index contributed by atoms with van der Waals surface area (Å²) in [5, 5.41) is 9.48. The van der Waals surface area contributed by atoms with Gasteiger partial charge in [-0.2, -0.15) is 5.26 Å². The molecule has 1 aliphatic heterocycles. The van der Waals surface area contributed by atoms with Crippen LogP contribution in [-0.4, -0.2) is 33.9 Å². The van der Waals surface area contributed by atoms with Gasteiger partial charge in [-0.25, -0.2) is 4.39 Å². The molecule has 1 aromatic heterocycles. The Bertz CT molecular complexity index is 1020. The first-order valence-electron chi connectivity index (χ1n) is 8.31. The Balaban J connectivity index is 1.65. The molecule has 5 nitrogen and oxygen atoms in total. The number of hydrogen-bond donors (Lipinski definition) is 0. The number of carbonyl (C=O) groups is 1. The van der Waals surface area contributed by atoms with Crippen LogP contribution in [0.4, 0.5) is 4.39 Å². The van der Waals surface area contributed by atoms with Crippen LogP contribution in [0.2, 0.25) is 0 Å². The number of likely N-dealkylation sites (tertiary alicyclic amines) is 1. The van der Waals surface area contributed by atoms with Gasteiger partial charge in [0.25, 0.3) is 5.91 Å². The molecule has 1 saturated heterocycles. The predicted octanol–water partition coefficient (Wildman–Crippen LogP) is 3.15. The number of rotatable bonds is 2. The molecule has 6 heteroatoms. The Hall–Kier alpha value is -3.33. The van der Waals surface area contributed by atoms with E-state index in [9.17, 15) is 14.4 Å². The second-order valence-electron chi connectivity index (χ2n) is 6.34. The van der Waals surface area contributed by atoms with Crippen LogP contribution in [0.5, 0.6) is 0 Å². The minimum absolute atomic E-state index is 0.0385. The third-order valence-corrected chi connectivity index (χ3v) is 4.79. The van der Waals surface area contributed by atoms with Crippen LogP contribution in [0, 0.1) is 23.1 Å². The zero-order chi connectivity index (χ0) is 18.1. The molecule has 26 heavy (non-hydrogen) atoms. The van der Waals surface area contributed by atoms with E-state index in [4.69, 9.17) is 0 Å². The molecular formula is C20H15FN4O. The minimum Gasteiger partial charge on any atom is -0.337 e. The molecule has 128 valence electrons. The molecule has 0 radical (unpaired) electrons. The van der Waals surface area contributed by atoms with Crippen LogP contribution < -0.4 is 0 Å². The lowest BCUT2D eigenvalue weighted by atomic mass is 9.90. The maximum atomic E-state index is 14.4. The molecule has 0 unspecified atom stereocenters. The average Bonchev–Trinajstić information content (AvgIpc) is 3.12. The molecule has 4 rings (SSSR count). The van der Waals surface area contributed by atoms with E-state index < -0.39 is 11.7 Å². The van der Waals surface area contributed by atoms with Gasteiger partial charge in [-0.15, -0.1) is 0 Å². The first kappa shape index (κ1) is 16.2. The first-order valence-corrected chi connectivity index (χ1v) is 8.31. The Labute approximate surface area is 149 Å². The van der Waals surface area contributed by atoms with Gasteiger partial charge in [-0.1, -0.05) is 30.3 Å². The number of benzene rings is 2. The van der Waals surface area contributed by atoms with Gasteiger partial charge in [0.1, 0.15) is 5.82 Å². The topological polar surface area (TPSA) is 69.9 Å². The number of amides is 1. The van der Waals surface area contributed by atoms with Crippen molar-refractivity contribution in [2.45, 2.75) is 5.92 Å².